The van der Waals surface area contributed by atoms with Crippen LogP contribution in [0.5, 0.6) is 0 Å². The van der Waals surface area contributed by atoms with Crippen molar-refractivity contribution in [2.45, 2.75) is 46.6 Å². The van der Waals surface area contributed by atoms with Gasteiger partial charge >= 0.3 is 0 Å². The highest BCUT2D eigenvalue weighted by molar-refractivity contribution is 5.48. The van der Waals surface area contributed by atoms with E-state index < -0.39 is 0 Å². The van der Waals surface area contributed by atoms with Crippen LogP contribution in [-0.4, -0.2) is 9.78 Å². The molecule has 0 amide bonds. The molecular weight excluding hydrogens is 246 g/mol. The van der Waals surface area contributed by atoms with Gasteiger partial charge in [-0.15, -0.1) is 0 Å². The van der Waals surface area contributed by atoms with E-state index in [4.69, 9.17) is 0 Å². The molecule has 1 heterocycles. The van der Waals surface area contributed by atoms with Crippen molar-refractivity contribution in [1.82, 2.24) is 9.78 Å². The Morgan fingerprint density at radius 1 is 1.05 bits per heavy atom. The van der Waals surface area contributed by atoms with Crippen molar-refractivity contribution in [3.05, 3.63) is 46.8 Å². The topological polar surface area (TPSA) is 29.9 Å². The van der Waals surface area contributed by atoms with Gasteiger partial charge in [-0.3, -0.25) is 4.68 Å². The van der Waals surface area contributed by atoms with E-state index in [2.05, 4.69) is 69.3 Å². The van der Waals surface area contributed by atoms with Gasteiger partial charge in [0, 0.05) is 24.0 Å². The van der Waals surface area contributed by atoms with E-state index in [1.807, 2.05) is 11.7 Å². The molecule has 0 saturated heterocycles. The molecule has 0 aliphatic heterocycles. The summed E-state index contributed by atoms with van der Waals surface area (Å²) in [5, 5.41) is 8.05. The second-order valence-electron chi connectivity index (χ2n) is 5.85. The fourth-order valence-electron chi connectivity index (χ4n) is 2.70. The molecule has 1 atom stereocenters. The van der Waals surface area contributed by atoms with E-state index in [1.165, 1.54) is 16.8 Å². The van der Waals surface area contributed by atoms with Gasteiger partial charge in [0.05, 0.1) is 11.7 Å². The first-order chi connectivity index (χ1) is 9.40. The predicted molar refractivity (Wildman–Crippen MR) is 85.3 cm³/mol. The quantitative estimate of drug-likeness (QED) is 0.896. The Labute approximate surface area is 122 Å². The molecule has 0 radical (unpaired) electrons. The molecule has 2 rings (SSSR count). The van der Waals surface area contributed by atoms with Crippen LogP contribution in [-0.2, 0) is 7.05 Å². The van der Waals surface area contributed by atoms with Gasteiger partial charge in [-0.25, -0.2) is 0 Å². The summed E-state index contributed by atoms with van der Waals surface area (Å²) < 4.78 is 1.95. The molecule has 0 aliphatic rings. The molecule has 0 aliphatic carbocycles. The standard InChI is InChI=1S/C17H25N3/c1-11(2)15-7-9-16(10-8-15)18-12(3)17-13(4)19-20(6)14(17)5/h7-12,18H,1-6H3. The molecule has 3 heteroatoms. The van der Waals surface area contributed by atoms with Gasteiger partial charge in [0.2, 0.25) is 0 Å². The van der Waals surface area contributed by atoms with Crippen molar-refractivity contribution < 1.29 is 0 Å². The fourth-order valence-corrected chi connectivity index (χ4v) is 2.70. The van der Waals surface area contributed by atoms with Crippen LogP contribution in [0.25, 0.3) is 0 Å². The summed E-state index contributed by atoms with van der Waals surface area (Å²) in [6, 6.07) is 8.97. The summed E-state index contributed by atoms with van der Waals surface area (Å²) in [4.78, 5) is 0. The third-order valence-electron chi connectivity index (χ3n) is 3.96. The number of nitrogens with one attached hydrogen (secondary N) is 1. The van der Waals surface area contributed by atoms with Crippen LogP contribution in [0.1, 0.15) is 55.2 Å². The summed E-state index contributed by atoms with van der Waals surface area (Å²) in [5.74, 6) is 0.573. The summed E-state index contributed by atoms with van der Waals surface area (Å²) in [6.07, 6.45) is 0. The van der Waals surface area contributed by atoms with Crippen LogP contribution in [0, 0.1) is 13.8 Å². The van der Waals surface area contributed by atoms with Gasteiger partial charge in [0.15, 0.2) is 0 Å². The number of aromatic nitrogens is 2. The number of benzene rings is 1. The summed E-state index contributed by atoms with van der Waals surface area (Å²) in [6.45, 7) is 10.8. The monoisotopic (exact) mass is 271 g/mol. The van der Waals surface area contributed by atoms with Gasteiger partial charge in [-0.2, -0.15) is 5.10 Å². The lowest BCUT2D eigenvalue weighted by Crippen LogP contribution is -2.09. The minimum Gasteiger partial charge on any atom is -0.378 e. The lowest BCUT2D eigenvalue weighted by molar-refractivity contribution is 0.728. The molecule has 1 N–H and O–H groups in total. The number of aryl methyl sites for hydroxylation is 2. The molecule has 0 spiro atoms. The Morgan fingerprint density at radius 2 is 1.65 bits per heavy atom. The molecule has 0 bridgehead atoms. The van der Waals surface area contributed by atoms with E-state index >= 15 is 0 Å². The van der Waals surface area contributed by atoms with Crippen molar-refractivity contribution in [3.8, 4) is 0 Å². The maximum atomic E-state index is 4.49. The Hall–Kier alpha value is -1.77. The lowest BCUT2D eigenvalue weighted by Gasteiger charge is -2.17. The van der Waals surface area contributed by atoms with Crippen LogP contribution in [0.3, 0.4) is 0 Å². The van der Waals surface area contributed by atoms with Crippen molar-refractivity contribution in [3.63, 3.8) is 0 Å². The largest absolute Gasteiger partial charge is 0.378 e. The minimum absolute atomic E-state index is 0.258. The van der Waals surface area contributed by atoms with E-state index in [9.17, 15) is 0 Å². The van der Waals surface area contributed by atoms with Crippen molar-refractivity contribution in [2.24, 2.45) is 7.05 Å². The molecule has 1 aromatic heterocycles. The minimum atomic E-state index is 0.258. The average Bonchev–Trinajstić information content (AvgIpc) is 2.63. The molecule has 1 unspecified atom stereocenters. The number of hydrogen-bond acceptors (Lipinski definition) is 2. The molecule has 0 fully saturated rings. The zero-order chi connectivity index (χ0) is 14.9. The zero-order valence-corrected chi connectivity index (χ0v) is 13.4. The van der Waals surface area contributed by atoms with Gasteiger partial charge in [-0.1, -0.05) is 26.0 Å². The molecule has 2 aromatic rings. The highest BCUT2D eigenvalue weighted by atomic mass is 15.3. The van der Waals surface area contributed by atoms with E-state index in [0.29, 0.717) is 5.92 Å². The zero-order valence-electron chi connectivity index (χ0n) is 13.4. The SMILES string of the molecule is Cc1nn(C)c(C)c1C(C)Nc1ccc(C(C)C)cc1. The number of hydrogen-bond donors (Lipinski definition) is 1. The molecule has 3 nitrogen and oxygen atoms in total. The highest BCUT2D eigenvalue weighted by Crippen LogP contribution is 2.25. The van der Waals surface area contributed by atoms with E-state index in [1.54, 1.807) is 0 Å². The summed E-state index contributed by atoms with van der Waals surface area (Å²) in [7, 11) is 2.00. The Morgan fingerprint density at radius 3 is 2.10 bits per heavy atom. The Kier molecular flexibility index (Phi) is 4.17. The average molecular weight is 271 g/mol. The number of nitrogens with zero attached hydrogens (tertiary/aromatic N) is 2. The second kappa shape index (κ2) is 5.70. The number of rotatable bonds is 4. The van der Waals surface area contributed by atoms with Crippen molar-refractivity contribution >= 4 is 5.69 Å². The van der Waals surface area contributed by atoms with Crippen LogP contribution in [0.15, 0.2) is 24.3 Å². The first-order valence-electron chi connectivity index (χ1n) is 7.26. The van der Waals surface area contributed by atoms with E-state index in [-0.39, 0.29) is 6.04 Å². The second-order valence-corrected chi connectivity index (χ2v) is 5.85. The Bertz CT molecular complexity index is 579. The molecule has 1 aromatic carbocycles. The first kappa shape index (κ1) is 14.6. The van der Waals surface area contributed by atoms with E-state index in [0.717, 1.165) is 11.4 Å². The summed E-state index contributed by atoms with van der Waals surface area (Å²) in [5.41, 5.74) is 6.15. The third kappa shape index (κ3) is 2.87. The van der Waals surface area contributed by atoms with Gasteiger partial charge in [0.25, 0.3) is 0 Å². The smallest absolute Gasteiger partial charge is 0.0649 e. The Balaban J connectivity index is 2.17. The van der Waals surface area contributed by atoms with Crippen LogP contribution in [0.4, 0.5) is 5.69 Å². The van der Waals surface area contributed by atoms with Crippen molar-refractivity contribution in [2.75, 3.05) is 5.32 Å². The normalized spacial score (nSPS) is 12.8. The van der Waals surface area contributed by atoms with Crippen LogP contribution < -0.4 is 5.32 Å². The molecule has 20 heavy (non-hydrogen) atoms. The predicted octanol–water partition coefficient (Wildman–Crippen LogP) is 4.33. The maximum absolute atomic E-state index is 4.49. The fraction of sp³-hybridized carbons (Fsp3) is 0.471. The molecule has 108 valence electrons. The van der Waals surface area contributed by atoms with Gasteiger partial charge in [-0.05, 0) is 44.4 Å². The van der Waals surface area contributed by atoms with Gasteiger partial charge in [0.1, 0.15) is 0 Å². The molecule has 0 saturated carbocycles. The number of anilines is 1. The van der Waals surface area contributed by atoms with Gasteiger partial charge < -0.3 is 5.32 Å². The van der Waals surface area contributed by atoms with Crippen LogP contribution in [0.2, 0.25) is 0 Å². The first-order valence-corrected chi connectivity index (χ1v) is 7.26. The molecular formula is C17H25N3. The van der Waals surface area contributed by atoms with Crippen molar-refractivity contribution in [1.29, 1.82) is 0 Å². The lowest BCUT2D eigenvalue weighted by atomic mass is 10.0. The van der Waals surface area contributed by atoms with Crippen LogP contribution >= 0.6 is 0 Å². The summed E-state index contributed by atoms with van der Waals surface area (Å²) >= 11 is 0. The third-order valence-corrected chi connectivity index (χ3v) is 3.96. The highest BCUT2D eigenvalue weighted by Gasteiger charge is 2.16. The maximum Gasteiger partial charge on any atom is 0.0649 e.